The fourth-order valence-electron chi connectivity index (χ4n) is 3.68. The van der Waals surface area contributed by atoms with Crippen LogP contribution in [0.5, 0.6) is 5.75 Å². The minimum atomic E-state index is 0.125. The van der Waals surface area contributed by atoms with Crippen molar-refractivity contribution in [1.82, 2.24) is 10.4 Å². The highest BCUT2D eigenvalue weighted by Gasteiger charge is 2.30. The van der Waals surface area contributed by atoms with Crippen molar-refractivity contribution in [3.05, 3.63) is 47.2 Å². The fourth-order valence-corrected chi connectivity index (χ4v) is 3.68. The molecule has 0 unspecified atom stereocenters. The molecule has 0 aromatic heterocycles. The zero-order chi connectivity index (χ0) is 18.6. The Balaban J connectivity index is 1.98. The van der Waals surface area contributed by atoms with Gasteiger partial charge in [0.15, 0.2) is 0 Å². The standard InChI is InChI=1S/C23H30N2O/c1-5-7-8-9-11-18-16-22-20(23(3,4)13-15-26-22)17-19(18)21-12-10-14-25(6-2)24-21/h2,10,12,14,16-17,24H,5,7-9,11,13,15H2,1,3-4H3. The number of benzene rings is 1. The van der Waals surface area contributed by atoms with E-state index in [9.17, 15) is 0 Å². The normalized spacial score (nSPS) is 17.6. The molecule has 3 nitrogen and oxygen atoms in total. The average molecular weight is 351 g/mol. The van der Waals surface area contributed by atoms with E-state index in [1.165, 1.54) is 42.4 Å². The van der Waals surface area contributed by atoms with Gasteiger partial charge in [-0.2, -0.15) is 0 Å². The van der Waals surface area contributed by atoms with Crippen LogP contribution < -0.4 is 10.2 Å². The van der Waals surface area contributed by atoms with Gasteiger partial charge in [-0.05, 0) is 54.5 Å². The van der Waals surface area contributed by atoms with E-state index in [0.717, 1.165) is 30.9 Å². The summed E-state index contributed by atoms with van der Waals surface area (Å²) in [5.74, 6) is 1.05. The number of ether oxygens (including phenoxy) is 1. The van der Waals surface area contributed by atoms with Gasteiger partial charge in [0, 0.05) is 23.4 Å². The second-order valence-corrected chi connectivity index (χ2v) is 7.83. The summed E-state index contributed by atoms with van der Waals surface area (Å²) in [6.45, 7) is 7.64. The molecule has 3 rings (SSSR count). The van der Waals surface area contributed by atoms with Crippen molar-refractivity contribution in [1.29, 1.82) is 0 Å². The lowest BCUT2D eigenvalue weighted by Crippen LogP contribution is -2.31. The van der Waals surface area contributed by atoms with E-state index in [1.807, 2.05) is 12.3 Å². The maximum Gasteiger partial charge on any atom is 0.123 e. The lowest BCUT2D eigenvalue weighted by atomic mass is 9.78. The maximum absolute atomic E-state index is 6.02. The molecule has 0 spiro atoms. The minimum absolute atomic E-state index is 0.125. The number of allylic oxidation sites excluding steroid dienone is 2. The summed E-state index contributed by atoms with van der Waals surface area (Å²) in [4.78, 5) is 0. The Bertz CT molecular complexity index is 752. The predicted octanol–water partition coefficient (Wildman–Crippen LogP) is 5.14. The number of hydrogen-bond donors (Lipinski definition) is 1. The first-order valence-corrected chi connectivity index (χ1v) is 9.76. The van der Waals surface area contributed by atoms with Gasteiger partial charge in [0.1, 0.15) is 5.75 Å². The largest absolute Gasteiger partial charge is 0.493 e. The smallest absolute Gasteiger partial charge is 0.123 e. The second kappa shape index (κ2) is 7.91. The Labute approximate surface area is 158 Å². The van der Waals surface area contributed by atoms with Crippen molar-refractivity contribution in [3.8, 4) is 18.2 Å². The van der Waals surface area contributed by atoms with Gasteiger partial charge in [0.25, 0.3) is 0 Å². The molecule has 0 atom stereocenters. The lowest BCUT2D eigenvalue weighted by Gasteiger charge is -2.34. The quantitative estimate of drug-likeness (QED) is 0.568. The molecule has 2 aliphatic heterocycles. The van der Waals surface area contributed by atoms with E-state index in [-0.39, 0.29) is 5.41 Å². The molecule has 1 N–H and O–H groups in total. The fraction of sp³-hybridized carbons (Fsp3) is 0.478. The number of hydrazine groups is 1. The van der Waals surface area contributed by atoms with Gasteiger partial charge in [-0.1, -0.05) is 46.5 Å². The summed E-state index contributed by atoms with van der Waals surface area (Å²) < 4.78 is 6.02. The van der Waals surface area contributed by atoms with Crippen LogP contribution in [0, 0.1) is 12.5 Å². The van der Waals surface area contributed by atoms with Crippen molar-refractivity contribution < 1.29 is 4.74 Å². The summed E-state index contributed by atoms with van der Waals surface area (Å²) in [6.07, 6.45) is 18.6. The van der Waals surface area contributed by atoms with Gasteiger partial charge in [0.05, 0.1) is 12.3 Å². The molecule has 0 amide bonds. The number of terminal acetylenes is 1. The SMILES string of the molecule is C#CN1C=CC=C(c2cc3c(cc2CCCCCC)OCCC3(C)C)N1. The summed E-state index contributed by atoms with van der Waals surface area (Å²) in [5.41, 5.74) is 8.37. The summed E-state index contributed by atoms with van der Waals surface area (Å²) in [5, 5.41) is 1.66. The zero-order valence-corrected chi connectivity index (χ0v) is 16.3. The van der Waals surface area contributed by atoms with Crippen LogP contribution in [0.1, 0.15) is 69.6 Å². The zero-order valence-electron chi connectivity index (χ0n) is 16.3. The number of hydrogen-bond acceptors (Lipinski definition) is 3. The van der Waals surface area contributed by atoms with Crippen LogP contribution in [-0.2, 0) is 11.8 Å². The molecule has 2 aliphatic rings. The molecule has 0 saturated carbocycles. The highest BCUT2D eigenvalue weighted by molar-refractivity contribution is 5.71. The number of aryl methyl sites for hydroxylation is 1. The molecule has 138 valence electrons. The minimum Gasteiger partial charge on any atom is -0.493 e. The molecule has 0 radical (unpaired) electrons. The van der Waals surface area contributed by atoms with Gasteiger partial charge in [-0.25, -0.2) is 5.01 Å². The Hall–Kier alpha value is -2.34. The summed E-state index contributed by atoms with van der Waals surface area (Å²) >= 11 is 0. The van der Waals surface area contributed by atoms with Crippen molar-refractivity contribution >= 4 is 5.70 Å². The molecule has 3 heteroatoms. The molecule has 0 aliphatic carbocycles. The van der Waals surface area contributed by atoms with Gasteiger partial charge in [-0.3, -0.25) is 5.43 Å². The number of unbranched alkanes of at least 4 members (excludes halogenated alkanes) is 3. The Morgan fingerprint density at radius 3 is 2.88 bits per heavy atom. The van der Waals surface area contributed by atoms with Crippen molar-refractivity contribution in [2.75, 3.05) is 6.61 Å². The molecular weight excluding hydrogens is 320 g/mol. The number of rotatable bonds is 6. The van der Waals surface area contributed by atoms with Crippen LogP contribution in [0.25, 0.3) is 5.70 Å². The molecule has 0 saturated heterocycles. The highest BCUT2D eigenvalue weighted by Crippen LogP contribution is 2.41. The summed E-state index contributed by atoms with van der Waals surface area (Å²) in [7, 11) is 0. The monoisotopic (exact) mass is 350 g/mol. The van der Waals surface area contributed by atoms with E-state index >= 15 is 0 Å². The first-order valence-electron chi connectivity index (χ1n) is 9.76. The molecule has 26 heavy (non-hydrogen) atoms. The molecule has 2 heterocycles. The van der Waals surface area contributed by atoms with Gasteiger partial charge >= 0.3 is 0 Å². The maximum atomic E-state index is 6.02. The van der Waals surface area contributed by atoms with Crippen LogP contribution in [0.2, 0.25) is 0 Å². The Morgan fingerprint density at radius 1 is 1.27 bits per heavy atom. The first kappa shape index (κ1) is 18.5. The molecule has 0 bridgehead atoms. The van der Waals surface area contributed by atoms with E-state index < -0.39 is 0 Å². The van der Waals surface area contributed by atoms with E-state index in [2.05, 4.69) is 50.5 Å². The lowest BCUT2D eigenvalue weighted by molar-refractivity contribution is 0.233. The second-order valence-electron chi connectivity index (χ2n) is 7.83. The molecular formula is C23H30N2O. The van der Waals surface area contributed by atoms with E-state index in [1.54, 1.807) is 5.01 Å². The van der Waals surface area contributed by atoms with Crippen LogP contribution in [0.4, 0.5) is 0 Å². The highest BCUT2D eigenvalue weighted by atomic mass is 16.5. The number of nitrogens with one attached hydrogen (secondary N) is 1. The third-order valence-electron chi connectivity index (χ3n) is 5.39. The number of fused-ring (bicyclic) bond motifs is 1. The predicted molar refractivity (Wildman–Crippen MR) is 108 cm³/mol. The Kier molecular flexibility index (Phi) is 5.61. The van der Waals surface area contributed by atoms with Gasteiger partial charge < -0.3 is 4.74 Å². The van der Waals surface area contributed by atoms with Crippen LogP contribution >= 0.6 is 0 Å². The molecule has 1 aromatic carbocycles. The third kappa shape index (κ3) is 3.90. The van der Waals surface area contributed by atoms with Crippen molar-refractivity contribution in [3.63, 3.8) is 0 Å². The topological polar surface area (TPSA) is 24.5 Å². The Morgan fingerprint density at radius 2 is 2.12 bits per heavy atom. The van der Waals surface area contributed by atoms with Crippen molar-refractivity contribution in [2.45, 2.75) is 64.7 Å². The average Bonchev–Trinajstić information content (AvgIpc) is 2.64. The first-order chi connectivity index (χ1) is 12.5. The van der Waals surface area contributed by atoms with Crippen LogP contribution in [0.3, 0.4) is 0 Å². The number of nitrogens with zero attached hydrogens (tertiary/aromatic N) is 1. The van der Waals surface area contributed by atoms with Crippen molar-refractivity contribution in [2.24, 2.45) is 0 Å². The third-order valence-corrected chi connectivity index (χ3v) is 5.39. The van der Waals surface area contributed by atoms with E-state index in [0.29, 0.717) is 0 Å². The summed E-state index contributed by atoms with van der Waals surface area (Å²) in [6, 6.07) is 7.21. The van der Waals surface area contributed by atoms with Gasteiger partial charge in [-0.15, -0.1) is 0 Å². The van der Waals surface area contributed by atoms with Crippen LogP contribution in [0.15, 0.2) is 30.5 Å². The van der Waals surface area contributed by atoms with Crippen LogP contribution in [-0.4, -0.2) is 11.6 Å². The van der Waals surface area contributed by atoms with E-state index in [4.69, 9.17) is 11.2 Å². The molecule has 1 aromatic rings. The molecule has 0 fully saturated rings. The van der Waals surface area contributed by atoms with Gasteiger partial charge in [0.2, 0.25) is 0 Å².